The molecule has 2 rings (SSSR count). The maximum atomic E-state index is 12.7. The van der Waals surface area contributed by atoms with Crippen LogP contribution in [0.1, 0.15) is 15.9 Å². The van der Waals surface area contributed by atoms with Crippen LogP contribution in [0.4, 0.5) is 5.82 Å². The Morgan fingerprint density at radius 3 is 2.48 bits per heavy atom. The fourth-order valence-electron chi connectivity index (χ4n) is 1.88. The predicted octanol–water partition coefficient (Wildman–Crippen LogP) is 3.19. The van der Waals surface area contributed by atoms with Crippen LogP contribution in [-0.2, 0) is 9.73 Å². The highest BCUT2D eigenvalue weighted by molar-refractivity contribution is 7.93. The summed E-state index contributed by atoms with van der Waals surface area (Å²) in [6, 6.07) is 10.3. The monoisotopic (exact) mass is 371 g/mol. The minimum Gasteiger partial charge on any atom is -0.383 e. The van der Waals surface area contributed by atoms with Crippen molar-refractivity contribution in [3.63, 3.8) is 0 Å². The minimum atomic E-state index is -2.83. The van der Waals surface area contributed by atoms with Crippen LogP contribution in [0.15, 0.2) is 51.9 Å². The van der Waals surface area contributed by atoms with E-state index in [4.69, 9.17) is 5.73 Å². The number of amides is 1. The van der Waals surface area contributed by atoms with E-state index in [2.05, 4.69) is 40.5 Å². The maximum Gasteiger partial charge on any atom is 0.286 e. The Kier molecular flexibility index (Phi) is 5.45. The van der Waals surface area contributed by atoms with E-state index in [1.807, 2.05) is 6.07 Å². The molecule has 0 radical (unpaired) electrons. The van der Waals surface area contributed by atoms with Crippen LogP contribution in [0.25, 0.3) is 0 Å². The summed E-state index contributed by atoms with van der Waals surface area (Å²) in [5.41, 5.74) is 9.74. The zero-order valence-electron chi connectivity index (χ0n) is 14.7. The van der Waals surface area contributed by atoms with Gasteiger partial charge in [0.1, 0.15) is 13.9 Å². The average Bonchev–Trinajstić information content (AvgIpc) is 2.53. The van der Waals surface area contributed by atoms with Gasteiger partial charge in [-0.2, -0.15) is 4.36 Å². The first-order valence-corrected chi connectivity index (χ1v) is 13.1. The molecule has 5 nitrogen and oxygen atoms in total. The summed E-state index contributed by atoms with van der Waals surface area (Å²) in [6.07, 6.45) is 2.78. The van der Waals surface area contributed by atoms with Gasteiger partial charge < -0.3 is 5.73 Å². The van der Waals surface area contributed by atoms with Crippen molar-refractivity contribution in [2.24, 2.45) is 4.36 Å². The number of hydrogen-bond donors (Lipinski definition) is 1. The van der Waals surface area contributed by atoms with Gasteiger partial charge in [-0.05, 0) is 18.2 Å². The molecule has 0 bridgehead atoms. The molecule has 0 saturated carbocycles. The molecule has 0 saturated heterocycles. The van der Waals surface area contributed by atoms with Crippen LogP contribution in [0.2, 0.25) is 19.6 Å². The number of carbonyl (C=O) groups is 1. The molecule has 25 heavy (non-hydrogen) atoms. The fraction of sp³-hybridized carbons (Fsp3) is 0.222. The van der Waals surface area contributed by atoms with Gasteiger partial charge in [0.2, 0.25) is 0 Å². The Hall–Kier alpha value is -2.43. The van der Waals surface area contributed by atoms with Gasteiger partial charge in [-0.25, -0.2) is 9.19 Å². The van der Waals surface area contributed by atoms with Crippen LogP contribution in [0, 0.1) is 11.5 Å². The van der Waals surface area contributed by atoms with Gasteiger partial charge in [0.15, 0.2) is 0 Å². The first kappa shape index (κ1) is 18.9. The van der Waals surface area contributed by atoms with Gasteiger partial charge in [0, 0.05) is 17.3 Å². The molecule has 2 aromatic rings. The molecule has 2 N–H and O–H groups in total. The van der Waals surface area contributed by atoms with Gasteiger partial charge in [-0.3, -0.25) is 4.79 Å². The van der Waals surface area contributed by atoms with Crippen molar-refractivity contribution >= 4 is 29.5 Å². The van der Waals surface area contributed by atoms with Crippen molar-refractivity contribution in [1.82, 2.24) is 4.98 Å². The van der Waals surface area contributed by atoms with E-state index < -0.39 is 23.7 Å². The number of aromatic nitrogens is 1. The summed E-state index contributed by atoms with van der Waals surface area (Å²) in [5.74, 6) is 2.67. The van der Waals surface area contributed by atoms with E-state index in [1.54, 1.807) is 30.3 Å². The molecular formula is C18H21N3O2SSi. The van der Waals surface area contributed by atoms with E-state index in [0.717, 1.165) is 0 Å². The summed E-state index contributed by atoms with van der Waals surface area (Å²) in [7, 11) is -4.42. The van der Waals surface area contributed by atoms with Crippen LogP contribution >= 0.6 is 0 Å². The third-order valence-electron chi connectivity index (χ3n) is 3.18. The normalized spacial score (nSPS) is 13.3. The van der Waals surface area contributed by atoms with Crippen molar-refractivity contribution in [3.8, 4) is 11.5 Å². The Morgan fingerprint density at radius 2 is 1.88 bits per heavy atom. The quantitative estimate of drug-likeness (QED) is 0.649. The molecule has 1 aromatic carbocycles. The zero-order valence-corrected chi connectivity index (χ0v) is 16.6. The summed E-state index contributed by atoms with van der Waals surface area (Å²) >= 11 is 0. The summed E-state index contributed by atoms with van der Waals surface area (Å²) in [6.45, 7) is 6.33. The number of pyridine rings is 1. The van der Waals surface area contributed by atoms with E-state index in [-0.39, 0.29) is 11.4 Å². The second-order valence-corrected chi connectivity index (χ2v) is 13.7. The Balaban J connectivity index is 2.42. The lowest BCUT2D eigenvalue weighted by atomic mass is 10.2. The van der Waals surface area contributed by atoms with Crippen LogP contribution in [0.3, 0.4) is 0 Å². The molecule has 0 aliphatic rings. The highest BCUT2D eigenvalue weighted by Gasteiger charge is 2.13. The molecule has 1 unspecified atom stereocenters. The predicted molar refractivity (Wildman–Crippen MR) is 104 cm³/mol. The molecule has 0 fully saturated rings. The van der Waals surface area contributed by atoms with Crippen molar-refractivity contribution < 1.29 is 9.00 Å². The standard InChI is InChI=1S/C18H21N3O2SSi/c1-24(23,16-8-6-5-7-9-16)21-18(22)15-12-14(17(19)20-13-15)10-11-25(2,3)4/h5-9,12-13H,1-4H3,(H2,19,20). The van der Waals surface area contributed by atoms with Crippen molar-refractivity contribution in [2.45, 2.75) is 24.5 Å². The first-order valence-electron chi connectivity index (χ1n) is 7.69. The highest BCUT2D eigenvalue weighted by atomic mass is 32.2. The zero-order chi connectivity index (χ0) is 18.7. The van der Waals surface area contributed by atoms with Gasteiger partial charge in [0.25, 0.3) is 5.91 Å². The van der Waals surface area contributed by atoms with Gasteiger partial charge >= 0.3 is 0 Å². The smallest absolute Gasteiger partial charge is 0.286 e. The Bertz CT molecular complexity index is 977. The number of hydrogen-bond acceptors (Lipinski definition) is 4. The van der Waals surface area contributed by atoms with Gasteiger partial charge in [0.05, 0.1) is 20.9 Å². The molecule has 7 heteroatoms. The third-order valence-corrected chi connectivity index (χ3v) is 5.71. The Morgan fingerprint density at radius 1 is 1.24 bits per heavy atom. The number of benzene rings is 1. The average molecular weight is 372 g/mol. The summed E-state index contributed by atoms with van der Waals surface area (Å²) < 4.78 is 16.6. The third kappa shape index (κ3) is 5.27. The number of rotatable bonds is 2. The Labute approximate surface area is 149 Å². The van der Waals surface area contributed by atoms with E-state index in [9.17, 15) is 9.00 Å². The number of nitrogen functional groups attached to an aromatic ring is 1. The summed E-state index contributed by atoms with van der Waals surface area (Å²) in [4.78, 5) is 17.0. The molecule has 130 valence electrons. The van der Waals surface area contributed by atoms with E-state index >= 15 is 0 Å². The second-order valence-electron chi connectivity index (χ2n) is 6.67. The van der Waals surface area contributed by atoms with Crippen LogP contribution in [-0.4, -0.2) is 29.4 Å². The van der Waals surface area contributed by atoms with Crippen molar-refractivity contribution in [2.75, 3.05) is 12.0 Å². The molecule has 1 aromatic heterocycles. The lowest BCUT2D eigenvalue weighted by Gasteiger charge is -2.06. The fourth-order valence-corrected chi connectivity index (χ4v) is 3.58. The summed E-state index contributed by atoms with van der Waals surface area (Å²) in [5, 5.41) is 0. The number of nitrogens with two attached hydrogens (primary N) is 1. The van der Waals surface area contributed by atoms with Crippen LogP contribution in [0.5, 0.6) is 0 Å². The van der Waals surface area contributed by atoms with Gasteiger partial charge in [-0.1, -0.05) is 43.8 Å². The molecule has 0 spiro atoms. The first-order chi connectivity index (χ1) is 11.6. The molecule has 0 aliphatic carbocycles. The van der Waals surface area contributed by atoms with Crippen LogP contribution < -0.4 is 5.73 Å². The molecule has 1 heterocycles. The van der Waals surface area contributed by atoms with E-state index in [1.165, 1.54) is 12.5 Å². The van der Waals surface area contributed by atoms with Gasteiger partial charge in [-0.15, -0.1) is 5.54 Å². The van der Waals surface area contributed by atoms with Crippen molar-refractivity contribution in [1.29, 1.82) is 0 Å². The minimum absolute atomic E-state index is 0.222. The van der Waals surface area contributed by atoms with E-state index in [0.29, 0.717) is 10.5 Å². The number of carbonyl (C=O) groups excluding carboxylic acids is 1. The largest absolute Gasteiger partial charge is 0.383 e. The van der Waals surface area contributed by atoms with Crippen molar-refractivity contribution in [3.05, 3.63) is 53.7 Å². The molecule has 1 atom stereocenters. The lowest BCUT2D eigenvalue weighted by Crippen LogP contribution is -2.16. The second kappa shape index (κ2) is 7.21. The number of anilines is 1. The molecule has 0 aliphatic heterocycles. The number of nitrogens with zero attached hydrogens (tertiary/aromatic N) is 2. The topological polar surface area (TPSA) is 85.4 Å². The molecule has 1 amide bonds. The lowest BCUT2D eigenvalue weighted by molar-refractivity contribution is 0.100. The molecular weight excluding hydrogens is 350 g/mol. The highest BCUT2D eigenvalue weighted by Crippen LogP contribution is 2.15. The SMILES string of the molecule is C[Si](C)(C)C#Cc1cc(C(=O)N=S(C)(=O)c2ccccc2)cnc1N. The maximum absolute atomic E-state index is 12.7.